The highest BCUT2D eigenvalue weighted by Gasteiger charge is 2.45. The first-order valence-corrected chi connectivity index (χ1v) is 14.6. The second-order valence-electron chi connectivity index (χ2n) is 11.6. The monoisotopic (exact) mass is 591 g/mol. The zero-order chi connectivity index (χ0) is 30.3. The van der Waals surface area contributed by atoms with Crippen molar-refractivity contribution in [2.45, 2.75) is 82.2 Å². The second kappa shape index (κ2) is 14.6. The third-order valence-electron chi connectivity index (χ3n) is 7.86. The third-order valence-corrected chi connectivity index (χ3v) is 7.86. The van der Waals surface area contributed by atoms with Gasteiger partial charge in [0, 0.05) is 38.8 Å². The largest absolute Gasteiger partial charge is 0.394 e. The molecule has 2 amide bonds. The van der Waals surface area contributed by atoms with E-state index in [0.717, 1.165) is 42.8 Å². The van der Waals surface area contributed by atoms with Gasteiger partial charge in [0.05, 0.1) is 12.3 Å². The maximum absolute atomic E-state index is 12.8. The number of hydrogen-bond acceptors (Lipinski definition) is 11. The summed E-state index contributed by atoms with van der Waals surface area (Å²) in [5.41, 5.74) is 2.12. The van der Waals surface area contributed by atoms with Crippen molar-refractivity contribution in [2.24, 2.45) is 0 Å². The maximum atomic E-state index is 12.8. The number of allylic oxidation sites excluding steroid dienone is 1. The average molecular weight is 592 g/mol. The number of aryl methyl sites for hydroxylation is 2. The van der Waals surface area contributed by atoms with Crippen molar-refractivity contribution in [1.82, 2.24) is 25.9 Å². The highest BCUT2D eigenvalue weighted by Crippen LogP contribution is 2.26. The van der Waals surface area contributed by atoms with Gasteiger partial charge >= 0.3 is 0 Å². The van der Waals surface area contributed by atoms with Crippen LogP contribution in [0.25, 0.3) is 0 Å². The summed E-state index contributed by atoms with van der Waals surface area (Å²) in [6.45, 7) is 6.14. The van der Waals surface area contributed by atoms with E-state index in [4.69, 9.17) is 9.57 Å². The molecule has 42 heavy (non-hydrogen) atoms. The van der Waals surface area contributed by atoms with E-state index in [2.05, 4.69) is 40.2 Å². The van der Waals surface area contributed by atoms with Crippen molar-refractivity contribution in [3.8, 4) is 0 Å². The molecule has 3 aliphatic rings. The fourth-order valence-electron chi connectivity index (χ4n) is 5.33. The van der Waals surface area contributed by atoms with Crippen LogP contribution in [0.1, 0.15) is 44.2 Å². The van der Waals surface area contributed by atoms with Crippen LogP contribution >= 0.6 is 0 Å². The molecular weight excluding hydrogens is 546 g/mol. The van der Waals surface area contributed by atoms with Crippen LogP contribution in [0.5, 0.6) is 0 Å². The predicted octanol–water partition coefficient (Wildman–Crippen LogP) is -1.30. The van der Waals surface area contributed by atoms with E-state index in [1.54, 1.807) is 18.7 Å². The summed E-state index contributed by atoms with van der Waals surface area (Å²) >= 11 is 0. The number of ether oxygens (including phenoxy) is 1. The molecule has 7 N–H and O–H groups in total. The molecule has 4 rings (SSSR count). The molecule has 13 nitrogen and oxygen atoms in total. The normalized spacial score (nSPS) is 26.5. The van der Waals surface area contributed by atoms with Gasteiger partial charge in [-0.05, 0) is 50.7 Å². The molecule has 13 heteroatoms. The third kappa shape index (κ3) is 8.19. The van der Waals surface area contributed by atoms with E-state index in [1.165, 1.54) is 5.06 Å². The molecule has 0 aromatic heterocycles. The zero-order valence-corrected chi connectivity index (χ0v) is 24.4. The number of rotatable bonds is 12. The molecular formula is C29H45N5O8. The summed E-state index contributed by atoms with van der Waals surface area (Å²) in [6, 6.07) is 8.20. The number of nitrogens with zero attached hydrogens (tertiary/aromatic N) is 2. The molecule has 3 heterocycles. The van der Waals surface area contributed by atoms with Crippen LogP contribution in [0.2, 0.25) is 0 Å². The topological polar surface area (TPSA) is 176 Å². The van der Waals surface area contributed by atoms with E-state index < -0.39 is 42.9 Å². The van der Waals surface area contributed by atoms with E-state index in [-0.39, 0.29) is 11.8 Å². The van der Waals surface area contributed by atoms with Gasteiger partial charge in [-0.25, -0.2) is 9.90 Å². The van der Waals surface area contributed by atoms with Gasteiger partial charge in [-0.1, -0.05) is 24.3 Å². The Hall–Kier alpha value is -2.78. The SMILES string of the molecule is CC(C)(NC(=O)CCCc1ccc(CCC2=CNCN2O[C@@H]2O[C@H](CO)[C@@H](O)[C@H](O)[C@H]2O)cc1)C(=O)N1CCNCC1. The highest BCUT2D eigenvalue weighted by molar-refractivity contribution is 5.90. The van der Waals surface area contributed by atoms with Gasteiger partial charge in [-0.3, -0.25) is 9.59 Å². The lowest BCUT2D eigenvalue weighted by Crippen LogP contribution is -2.60. The quantitative estimate of drug-likeness (QED) is 0.154. The molecule has 0 bridgehead atoms. The summed E-state index contributed by atoms with van der Waals surface area (Å²) in [5, 5.41) is 50.4. The number of carbonyl (C=O) groups is 2. The molecule has 0 saturated carbocycles. The minimum absolute atomic E-state index is 0.0549. The molecule has 5 atom stereocenters. The Morgan fingerprint density at radius 1 is 1.02 bits per heavy atom. The number of benzene rings is 1. The fourth-order valence-corrected chi connectivity index (χ4v) is 5.33. The Bertz CT molecular complexity index is 1080. The number of nitrogens with one attached hydrogen (secondary N) is 3. The maximum Gasteiger partial charge on any atom is 0.247 e. The van der Waals surface area contributed by atoms with Gasteiger partial charge in [0.25, 0.3) is 0 Å². The Kier molecular flexibility index (Phi) is 11.2. The number of hydroxylamine groups is 2. The summed E-state index contributed by atoms with van der Waals surface area (Å²) in [7, 11) is 0. The lowest BCUT2D eigenvalue weighted by molar-refractivity contribution is -0.353. The first-order chi connectivity index (χ1) is 20.1. The van der Waals surface area contributed by atoms with Crippen LogP contribution < -0.4 is 16.0 Å². The molecule has 1 aromatic carbocycles. The fraction of sp³-hybridized carbons (Fsp3) is 0.655. The minimum atomic E-state index is -1.50. The van der Waals surface area contributed by atoms with Gasteiger partial charge in [0.15, 0.2) is 0 Å². The van der Waals surface area contributed by atoms with Crippen molar-refractivity contribution in [1.29, 1.82) is 0 Å². The number of hydrogen-bond donors (Lipinski definition) is 7. The number of carbonyl (C=O) groups excluding carboxylic acids is 2. The molecule has 2 saturated heterocycles. The zero-order valence-electron chi connectivity index (χ0n) is 24.4. The van der Waals surface area contributed by atoms with Gasteiger partial charge < -0.3 is 46.0 Å². The van der Waals surface area contributed by atoms with Crippen LogP contribution in [-0.2, 0) is 32.0 Å². The van der Waals surface area contributed by atoms with Crippen LogP contribution in [0.15, 0.2) is 36.2 Å². The number of amides is 2. The molecule has 234 valence electrons. The highest BCUT2D eigenvalue weighted by atomic mass is 16.8. The minimum Gasteiger partial charge on any atom is -0.394 e. The molecule has 0 unspecified atom stereocenters. The molecule has 1 aromatic rings. The number of piperazine rings is 1. The standard InChI is InChI=1S/C29H45N5O8/c1-29(2,28(40)33-14-12-30-13-15-33)32-23(36)5-3-4-19-6-8-20(9-7-19)10-11-21-16-31-18-34(21)42-27-26(39)25(38)24(37)22(17-35)41-27/h6-9,16,22,24-27,30-31,35,37-39H,3-5,10-15,17-18H2,1-2H3,(H,32,36)/t22-,24-,25+,26-,27+/m1/s1. The molecule has 3 aliphatic heterocycles. The first kappa shape index (κ1) is 32.1. The van der Waals surface area contributed by atoms with Crippen molar-refractivity contribution >= 4 is 11.8 Å². The molecule has 0 radical (unpaired) electrons. The van der Waals surface area contributed by atoms with Crippen LogP contribution in [0.3, 0.4) is 0 Å². The van der Waals surface area contributed by atoms with Crippen LogP contribution in [-0.4, -0.2) is 118 Å². The van der Waals surface area contributed by atoms with Crippen molar-refractivity contribution < 1.29 is 39.6 Å². The van der Waals surface area contributed by atoms with Crippen LogP contribution in [0.4, 0.5) is 0 Å². The summed E-state index contributed by atoms with van der Waals surface area (Å²) < 4.78 is 5.45. The predicted molar refractivity (Wildman–Crippen MR) is 152 cm³/mol. The van der Waals surface area contributed by atoms with Gasteiger partial charge in [-0.15, -0.1) is 0 Å². The average Bonchev–Trinajstić information content (AvgIpc) is 3.43. The van der Waals surface area contributed by atoms with Gasteiger partial charge in [0.1, 0.15) is 36.6 Å². The Morgan fingerprint density at radius 3 is 2.36 bits per heavy atom. The van der Waals surface area contributed by atoms with E-state index >= 15 is 0 Å². The number of aliphatic hydroxyl groups is 4. The van der Waals surface area contributed by atoms with Crippen LogP contribution in [0, 0.1) is 0 Å². The summed E-state index contributed by atoms with van der Waals surface area (Å²) in [6.07, 6.45) is -1.79. The summed E-state index contributed by atoms with van der Waals surface area (Å²) in [5.74, 6) is -0.185. The summed E-state index contributed by atoms with van der Waals surface area (Å²) in [4.78, 5) is 32.9. The lowest BCUT2D eigenvalue weighted by Gasteiger charge is -2.40. The first-order valence-electron chi connectivity index (χ1n) is 14.6. The second-order valence-corrected chi connectivity index (χ2v) is 11.6. The Morgan fingerprint density at radius 2 is 1.69 bits per heavy atom. The smallest absolute Gasteiger partial charge is 0.247 e. The Balaban J connectivity index is 1.18. The van der Waals surface area contributed by atoms with E-state index in [0.29, 0.717) is 39.0 Å². The van der Waals surface area contributed by atoms with E-state index in [9.17, 15) is 30.0 Å². The van der Waals surface area contributed by atoms with Crippen molar-refractivity contribution in [2.75, 3.05) is 39.5 Å². The van der Waals surface area contributed by atoms with Gasteiger partial charge in [-0.2, -0.15) is 0 Å². The molecule has 0 aliphatic carbocycles. The van der Waals surface area contributed by atoms with E-state index in [1.807, 2.05) is 6.20 Å². The Labute approximate surface area is 246 Å². The molecule has 2 fully saturated rings. The van der Waals surface area contributed by atoms with Crippen molar-refractivity contribution in [3.63, 3.8) is 0 Å². The molecule has 0 spiro atoms. The van der Waals surface area contributed by atoms with Crippen molar-refractivity contribution in [3.05, 3.63) is 47.3 Å². The lowest BCUT2D eigenvalue weighted by atomic mass is 9.99. The van der Waals surface area contributed by atoms with Gasteiger partial charge in [0.2, 0.25) is 18.1 Å². The number of aliphatic hydroxyl groups excluding tert-OH is 4.